The molecule has 1 heterocycles. The van der Waals surface area contributed by atoms with Crippen LogP contribution in [0.15, 0.2) is 18.2 Å². The normalized spacial score (nSPS) is 18.4. The summed E-state index contributed by atoms with van der Waals surface area (Å²) in [6.45, 7) is 2.23. The number of benzene rings is 1. The smallest absolute Gasteiger partial charge is 0.325 e. The number of hydrogen-bond donors (Lipinski definition) is 0. The molecule has 0 spiro atoms. The van der Waals surface area contributed by atoms with Gasteiger partial charge in [0.1, 0.15) is 12.4 Å². The number of anilines is 1. The maximum atomic E-state index is 13.0. The molecule has 16 heavy (non-hydrogen) atoms. The quantitative estimate of drug-likeness (QED) is 0.715. The maximum absolute atomic E-state index is 13.0. The van der Waals surface area contributed by atoms with Crippen molar-refractivity contribution in [1.82, 2.24) is 0 Å². The Labute approximate surface area is 93.8 Å². The third-order valence-corrected chi connectivity index (χ3v) is 2.93. The number of fused-ring (bicyclic) bond motifs is 1. The molecule has 0 aliphatic carbocycles. The van der Waals surface area contributed by atoms with Gasteiger partial charge in [-0.15, -0.1) is 0 Å². The molecule has 1 atom stereocenters. The van der Waals surface area contributed by atoms with Crippen LogP contribution in [0.4, 0.5) is 10.1 Å². The van der Waals surface area contributed by atoms with Gasteiger partial charge in [0.25, 0.3) is 0 Å². The third kappa shape index (κ3) is 1.87. The predicted molar refractivity (Wildman–Crippen MR) is 58.9 cm³/mol. The molecule has 0 bridgehead atoms. The number of carbonyl (C=O) groups excluding carboxylic acids is 1. The molecule has 1 aliphatic rings. The van der Waals surface area contributed by atoms with Gasteiger partial charge < -0.3 is 9.64 Å². The largest absolute Gasteiger partial charge is 0.468 e. The zero-order valence-electron chi connectivity index (χ0n) is 9.37. The third-order valence-electron chi connectivity index (χ3n) is 2.93. The van der Waals surface area contributed by atoms with Crippen molar-refractivity contribution in [2.45, 2.75) is 19.4 Å². The Hall–Kier alpha value is -1.58. The van der Waals surface area contributed by atoms with E-state index in [1.165, 1.54) is 19.2 Å². The van der Waals surface area contributed by atoms with Gasteiger partial charge in [-0.1, -0.05) is 0 Å². The molecular weight excluding hydrogens is 209 g/mol. The first kappa shape index (κ1) is 10.9. The minimum atomic E-state index is -0.274. The minimum Gasteiger partial charge on any atom is -0.468 e. The van der Waals surface area contributed by atoms with Crippen LogP contribution >= 0.6 is 0 Å². The van der Waals surface area contributed by atoms with E-state index in [0.29, 0.717) is 0 Å². The number of halogens is 1. The zero-order valence-corrected chi connectivity index (χ0v) is 9.37. The molecule has 2 rings (SSSR count). The van der Waals surface area contributed by atoms with Gasteiger partial charge in [0.05, 0.1) is 7.11 Å². The van der Waals surface area contributed by atoms with E-state index in [1.807, 2.05) is 11.8 Å². The van der Waals surface area contributed by atoms with Crippen LogP contribution < -0.4 is 4.90 Å². The maximum Gasteiger partial charge on any atom is 0.325 e. The molecule has 4 heteroatoms. The molecule has 0 aromatic heterocycles. The van der Waals surface area contributed by atoms with E-state index in [-0.39, 0.29) is 24.4 Å². The van der Waals surface area contributed by atoms with Crippen LogP contribution in [-0.4, -0.2) is 25.7 Å². The summed E-state index contributed by atoms with van der Waals surface area (Å²) < 4.78 is 17.7. The molecule has 1 aromatic carbocycles. The van der Waals surface area contributed by atoms with Crippen molar-refractivity contribution in [3.8, 4) is 0 Å². The van der Waals surface area contributed by atoms with E-state index in [9.17, 15) is 9.18 Å². The Kier molecular flexibility index (Phi) is 2.81. The van der Waals surface area contributed by atoms with Crippen LogP contribution in [0.25, 0.3) is 0 Å². The first-order chi connectivity index (χ1) is 7.61. The second-order valence-corrected chi connectivity index (χ2v) is 4.03. The number of esters is 1. The average Bonchev–Trinajstić information content (AvgIpc) is 2.54. The first-order valence-electron chi connectivity index (χ1n) is 5.23. The van der Waals surface area contributed by atoms with Gasteiger partial charge in [-0.2, -0.15) is 0 Å². The summed E-state index contributed by atoms with van der Waals surface area (Å²) >= 11 is 0. The van der Waals surface area contributed by atoms with Crippen LogP contribution in [0.1, 0.15) is 12.5 Å². The summed E-state index contributed by atoms with van der Waals surface area (Å²) in [6.07, 6.45) is 0.768. The number of rotatable bonds is 2. The highest BCUT2D eigenvalue weighted by molar-refractivity contribution is 5.77. The van der Waals surface area contributed by atoms with Crippen LogP contribution in [0.2, 0.25) is 0 Å². The van der Waals surface area contributed by atoms with Gasteiger partial charge in [-0.3, -0.25) is 4.79 Å². The van der Waals surface area contributed by atoms with E-state index in [1.54, 1.807) is 6.07 Å². The lowest BCUT2D eigenvalue weighted by Gasteiger charge is -2.23. The summed E-state index contributed by atoms with van der Waals surface area (Å²) in [5, 5.41) is 0. The second kappa shape index (κ2) is 4.12. The van der Waals surface area contributed by atoms with E-state index in [0.717, 1.165) is 17.7 Å². The molecule has 1 aliphatic heterocycles. The standard InChI is InChI=1S/C12H14FNO2/c1-8-5-9-6-10(13)3-4-11(9)14(8)7-12(15)16-2/h3-4,6,8H,5,7H2,1-2H3. The summed E-state index contributed by atoms with van der Waals surface area (Å²) in [5.74, 6) is -0.505. The molecule has 0 radical (unpaired) electrons. The van der Waals surface area contributed by atoms with E-state index in [4.69, 9.17) is 0 Å². The molecule has 86 valence electrons. The molecule has 0 fully saturated rings. The van der Waals surface area contributed by atoms with E-state index < -0.39 is 0 Å². The fourth-order valence-corrected chi connectivity index (χ4v) is 2.11. The summed E-state index contributed by atoms with van der Waals surface area (Å²) in [6, 6.07) is 4.87. The fraction of sp³-hybridized carbons (Fsp3) is 0.417. The fourth-order valence-electron chi connectivity index (χ4n) is 2.11. The van der Waals surface area contributed by atoms with Gasteiger partial charge in [-0.25, -0.2) is 4.39 Å². The Bertz CT molecular complexity index is 419. The van der Waals surface area contributed by atoms with E-state index in [2.05, 4.69) is 4.74 Å². The Morgan fingerprint density at radius 2 is 2.38 bits per heavy atom. The monoisotopic (exact) mass is 223 g/mol. The first-order valence-corrected chi connectivity index (χ1v) is 5.23. The minimum absolute atomic E-state index is 0.205. The van der Waals surface area contributed by atoms with Gasteiger partial charge in [-0.05, 0) is 37.1 Å². The van der Waals surface area contributed by atoms with Crippen molar-refractivity contribution >= 4 is 11.7 Å². The average molecular weight is 223 g/mol. The second-order valence-electron chi connectivity index (χ2n) is 4.03. The van der Waals surface area contributed by atoms with Crippen LogP contribution in [0, 0.1) is 5.82 Å². The van der Waals surface area contributed by atoms with Crippen LogP contribution in [0.3, 0.4) is 0 Å². The molecule has 0 saturated carbocycles. The number of hydrogen-bond acceptors (Lipinski definition) is 3. The summed E-state index contributed by atoms with van der Waals surface area (Å²) in [4.78, 5) is 13.2. The molecular formula is C12H14FNO2. The number of methoxy groups -OCH3 is 1. The number of carbonyl (C=O) groups is 1. The Morgan fingerprint density at radius 1 is 1.62 bits per heavy atom. The van der Waals surface area contributed by atoms with Gasteiger partial charge in [0.2, 0.25) is 0 Å². The van der Waals surface area contributed by atoms with Gasteiger partial charge in [0.15, 0.2) is 0 Å². The van der Waals surface area contributed by atoms with Crippen molar-refractivity contribution in [3.63, 3.8) is 0 Å². The van der Waals surface area contributed by atoms with E-state index >= 15 is 0 Å². The Balaban J connectivity index is 2.26. The molecule has 3 nitrogen and oxygen atoms in total. The molecule has 0 amide bonds. The molecule has 0 N–H and O–H groups in total. The molecule has 0 saturated heterocycles. The van der Waals surface area contributed by atoms with Crippen molar-refractivity contribution in [3.05, 3.63) is 29.6 Å². The highest BCUT2D eigenvalue weighted by atomic mass is 19.1. The SMILES string of the molecule is COC(=O)CN1c2ccc(F)cc2CC1C. The van der Waals surface area contributed by atoms with Crippen LogP contribution in [-0.2, 0) is 16.0 Å². The number of ether oxygens (including phenoxy) is 1. The van der Waals surface area contributed by atoms with Crippen LogP contribution in [0.5, 0.6) is 0 Å². The highest BCUT2D eigenvalue weighted by Gasteiger charge is 2.27. The van der Waals surface area contributed by atoms with Crippen molar-refractivity contribution in [1.29, 1.82) is 0 Å². The van der Waals surface area contributed by atoms with Gasteiger partial charge in [0, 0.05) is 11.7 Å². The van der Waals surface area contributed by atoms with Crippen molar-refractivity contribution in [2.75, 3.05) is 18.6 Å². The van der Waals surface area contributed by atoms with Crippen molar-refractivity contribution < 1.29 is 13.9 Å². The highest BCUT2D eigenvalue weighted by Crippen LogP contribution is 2.32. The lowest BCUT2D eigenvalue weighted by Crippen LogP contribution is -2.34. The summed E-state index contributed by atoms with van der Waals surface area (Å²) in [7, 11) is 1.37. The lowest BCUT2D eigenvalue weighted by atomic mass is 10.1. The molecule has 1 aromatic rings. The van der Waals surface area contributed by atoms with Crippen molar-refractivity contribution in [2.24, 2.45) is 0 Å². The number of nitrogens with zero attached hydrogens (tertiary/aromatic N) is 1. The van der Waals surface area contributed by atoms with Gasteiger partial charge >= 0.3 is 5.97 Å². The summed E-state index contributed by atoms with van der Waals surface area (Å²) in [5.41, 5.74) is 1.88. The lowest BCUT2D eigenvalue weighted by molar-refractivity contribution is -0.139. The predicted octanol–water partition coefficient (Wildman–Crippen LogP) is 1.75. The Morgan fingerprint density at radius 3 is 3.06 bits per heavy atom. The topological polar surface area (TPSA) is 29.5 Å². The zero-order chi connectivity index (χ0) is 11.7. The molecule has 1 unspecified atom stereocenters.